The van der Waals surface area contributed by atoms with Crippen molar-refractivity contribution in [2.24, 2.45) is 5.73 Å². The summed E-state index contributed by atoms with van der Waals surface area (Å²) in [5, 5.41) is 12.4. The Morgan fingerprint density at radius 1 is 0.903 bits per heavy atom. The zero-order valence-corrected chi connectivity index (χ0v) is 16.4. The Morgan fingerprint density at radius 2 is 1.65 bits per heavy atom. The van der Waals surface area contributed by atoms with Gasteiger partial charge in [0.1, 0.15) is 11.6 Å². The highest BCUT2D eigenvalue weighted by Crippen LogP contribution is 2.29. The molecule has 7 nitrogen and oxygen atoms in total. The van der Waals surface area contributed by atoms with E-state index in [1.54, 1.807) is 42.7 Å². The van der Waals surface area contributed by atoms with Gasteiger partial charge in [0.25, 0.3) is 0 Å². The molecular weight excluding hydrogens is 388 g/mol. The molecule has 0 radical (unpaired) electrons. The van der Waals surface area contributed by atoms with Gasteiger partial charge in [0.05, 0.1) is 17.3 Å². The van der Waals surface area contributed by atoms with Gasteiger partial charge in [0.15, 0.2) is 0 Å². The molecule has 2 aromatic heterocycles. The lowest BCUT2D eigenvalue weighted by Crippen LogP contribution is -2.32. The number of urea groups is 1. The van der Waals surface area contributed by atoms with Gasteiger partial charge in [-0.15, -0.1) is 0 Å². The van der Waals surface area contributed by atoms with E-state index in [1.807, 2.05) is 48.5 Å². The van der Waals surface area contributed by atoms with Crippen molar-refractivity contribution in [3.8, 4) is 17.2 Å². The number of rotatable bonds is 5. The molecule has 7 heteroatoms. The molecule has 2 heterocycles. The fourth-order valence-corrected chi connectivity index (χ4v) is 3.16. The Labute approximate surface area is 179 Å². The van der Waals surface area contributed by atoms with E-state index in [0.717, 1.165) is 16.8 Å². The first-order chi connectivity index (χ1) is 15.1. The predicted octanol–water partition coefficient (Wildman–Crippen LogP) is 4.98. The number of nitrogens with zero attached hydrogens (tertiary/aromatic N) is 4. The van der Waals surface area contributed by atoms with Gasteiger partial charge in [-0.2, -0.15) is 5.26 Å². The van der Waals surface area contributed by atoms with Crippen molar-refractivity contribution in [2.45, 2.75) is 0 Å². The molecule has 4 aromatic rings. The number of amides is 2. The molecule has 2 amide bonds. The van der Waals surface area contributed by atoms with Gasteiger partial charge >= 0.3 is 6.03 Å². The molecule has 4 rings (SSSR count). The van der Waals surface area contributed by atoms with Gasteiger partial charge in [-0.05, 0) is 65.7 Å². The predicted molar refractivity (Wildman–Crippen MR) is 120 cm³/mol. The van der Waals surface area contributed by atoms with Crippen molar-refractivity contribution in [2.75, 3.05) is 10.2 Å². The van der Waals surface area contributed by atoms with Gasteiger partial charge < -0.3 is 11.1 Å². The number of anilines is 4. The van der Waals surface area contributed by atoms with E-state index in [-0.39, 0.29) is 0 Å². The molecule has 0 unspecified atom stereocenters. The second-order valence-electron chi connectivity index (χ2n) is 6.66. The standard InChI is InChI=1S/C24H18N6O/c25-16-17-5-4-8-21(13-17)30(24(26)31)23-15-19(10-12-28-23)18-9-11-27-22(14-18)29-20-6-2-1-3-7-20/h1-15H,(H2,26,31)(H,27,29). The maximum absolute atomic E-state index is 12.2. The van der Waals surface area contributed by atoms with Crippen LogP contribution in [0.25, 0.3) is 11.1 Å². The first kappa shape index (κ1) is 19.6. The van der Waals surface area contributed by atoms with Gasteiger partial charge in [-0.3, -0.25) is 0 Å². The number of carbonyl (C=O) groups excluding carboxylic acids is 1. The van der Waals surface area contributed by atoms with Crippen molar-refractivity contribution in [3.63, 3.8) is 0 Å². The van der Waals surface area contributed by atoms with E-state index in [4.69, 9.17) is 11.0 Å². The highest BCUT2D eigenvalue weighted by atomic mass is 16.2. The van der Waals surface area contributed by atoms with Crippen molar-refractivity contribution in [3.05, 3.63) is 96.8 Å². The normalized spacial score (nSPS) is 10.2. The van der Waals surface area contributed by atoms with Crippen molar-refractivity contribution in [1.82, 2.24) is 9.97 Å². The third-order valence-corrected chi connectivity index (χ3v) is 4.57. The molecule has 150 valence electrons. The number of para-hydroxylation sites is 1. The van der Waals surface area contributed by atoms with Crippen LogP contribution in [0.3, 0.4) is 0 Å². The van der Waals surface area contributed by atoms with Crippen LogP contribution < -0.4 is 16.0 Å². The smallest absolute Gasteiger partial charge is 0.325 e. The molecule has 0 saturated heterocycles. The number of primary amides is 1. The highest BCUT2D eigenvalue weighted by Gasteiger charge is 2.17. The van der Waals surface area contributed by atoms with Crippen LogP contribution in [0, 0.1) is 11.3 Å². The number of hydrogen-bond donors (Lipinski definition) is 2. The topological polar surface area (TPSA) is 108 Å². The fraction of sp³-hybridized carbons (Fsp3) is 0. The van der Waals surface area contributed by atoms with E-state index in [1.165, 1.54) is 4.90 Å². The Kier molecular flexibility index (Phi) is 5.54. The van der Waals surface area contributed by atoms with Gasteiger partial charge in [-0.25, -0.2) is 19.7 Å². The third-order valence-electron chi connectivity index (χ3n) is 4.57. The van der Waals surface area contributed by atoms with Crippen LogP contribution in [-0.4, -0.2) is 16.0 Å². The molecule has 3 N–H and O–H groups in total. The molecule has 31 heavy (non-hydrogen) atoms. The van der Waals surface area contributed by atoms with Crippen molar-refractivity contribution in [1.29, 1.82) is 5.26 Å². The van der Waals surface area contributed by atoms with E-state index in [2.05, 4.69) is 21.4 Å². The zero-order chi connectivity index (χ0) is 21.6. The zero-order valence-electron chi connectivity index (χ0n) is 16.4. The summed E-state index contributed by atoms with van der Waals surface area (Å²) < 4.78 is 0. The molecule has 0 atom stereocenters. The van der Waals surface area contributed by atoms with Gasteiger partial charge in [0, 0.05) is 18.1 Å². The molecule has 0 fully saturated rings. The summed E-state index contributed by atoms with van der Waals surface area (Å²) in [5.41, 5.74) is 9.19. The first-order valence-electron chi connectivity index (χ1n) is 9.48. The number of nitrogens with two attached hydrogens (primary N) is 1. The fourth-order valence-electron chi connectivity index (χ4n) is 3.16. The van der Waals surface area contributed by atoms with E-state index in [9.17, 15) is 4.79 Å². The summed E-state index contributed by atoms with van der Waals surface area (Å²) in [7, 11) is 0. The van der Waals surface area contributed by atoms with Gasteiger partial charge in [0.2, 0.25) is 0 Å². The van der Waals surface area contributed by atoms with Crippen LogP contribution in [0.5, 0.6) is 0 Å². The summed E-state index contributed by atoms with van der Waals surface area (Å²) in [6, 6.07) is 25.2. The van der Waals surface area contributed by atoms with Crippen LogP contribution in [0.15, 0.2) is 91.3 Å². The minimum Gasteiger partial charge on any atom is -0.351 e. The number of aromatic nitrogens is 2. The second-order valence-corrected chi connectivity index (χ2v) is 6.66. The summed E-state index contributed by atoms with van der Waals surface area (Å²) in [4.78, 5) is 22.2. The molecule has 0 aliphatic rings. The van der Waals surface area contributed by atoms with E-state index < -0.39 is 6.03 Å². The number of pyridine rings is 2. The first-order valence-corrected chi connectivity index (χ1v) is 9.48. The minimum absolute atomic E-state index is 0.356. The Balaban J connectivity index is 1.68. The Morgan fingerprint density at radius 3 is 2.39 bits per heavy atom. The average Bonchev–Trinajstić information content (AvgIpc) is 2.80. The summed E-state index contributed by atoms with van der Waals surface area (Å²) >= 11 is 0. The molecule has 0 spiro atoms. The SMILES string of the molecule is N#Cc1cccc(N(C(N)=O)c2cc(-c3ccnc(Nc4ccccc4)c3)ccn2)c1. The lowest BCUT2D eigenvalue weighted by molar-refractivity contribution is 0.256. The molecular formula is C24H18N6O. The largest absolute Gasteiger partial charge is 0.351 e. The van der Waals surface area contributed by atoms with Crippen LogP contribution in [-0.2, 0) is 0 Å². The highest BCUT2D eigenvalue weighted by molar-refractivity contribution is 5.98. The summed E-state index contributed by atoms with van der Waals surface area (Å²) in [6.45, 7) is 0. The van der Waals surface area contributed by atoms with Crippen LogP contribution in [0.4, 0.5) is 27.8 Å². The average molecular weight is 406 g/mol. The van der Waals surface area contributed by atoms with Crippen LogP contribution >= 0.6 is 0 Å². The number of nitrogens with one attached hydrogen (secondary N) is 1. The molecule has 0 aliphatic carbocycles. The quantitative estimate of drug-likeness (QED) is 0.486. The lowest BCUT2D eigenvalue weighted by Gasteiger charge is -2.20. The Bertz CT molecular complexity index is 1270. The van der Waals surface area contributed by atoms with E-state index >= 15 is 0 Å². The molecule has 0 saturated carbocycles. The summed E-state index contributed by atoms with van der Waals surface area (Å²) in [6.07, 6.45) is 3.32. The lowest BCUT2D eigenvalue weighted by atomic mass is 10.1. The molecule has 0 bridgehead atoms. The Hall–Kier alpha value is -4.70. The van der Waals surface area contributed by atoms with Crippen molar-refractivity contribution < 1.29 is 4.79 Å². The van der Waals surface area contributed by atoms with Crippen molar-refractivity contribution >= 4 is 29.0 Å². The number of hydrogen-bond acceptors (Lipinski definition) is 5. The van der Waals surface area contributed by atoms with Crippen LogP contribution in [0.1, 0.15) is 5.56 Å². The van der Waals surface area contributed by atoms with E-state index in [0.29, 0.717) is 22.9 Å². The second kappa shape index (κ2) is 8.76. The van der Waals surface area contributed by atoms with Gasteiger partial charge in [-0.1, -0.05) is 24.3 Å². The minimum atomic E-state index is -0.694. The number of benzene rings is 2. The molecule has 0 aliphatic heterocycles. The third kappa shape index (κ3) is 4.49. The maximum atomic E-state index is 12.2. The summed E-state index contributed by atoms with van der Waals surface area (Å²) in [5.74, 6) is 1.05. The maximum Gasteiger partial charge on any atom is 0.325 e. The number of carbonyl (C=O) groups is 1. The van der Waals surface area contributed by atoms with Crippen LogP contribution in [0.2, 0.25) is 0 Å². The molecule has 2 aromatic carbocycles. The number of nitriles is 1. The monoisotopic (exact) mass is 406 g/mol.